The third kappa shape index (κ3) is 5.90. The molecular weight excluding hydrogens is 466 g/mol. The molecule has 0 aromatic heterocycles. The molecule has 0 aromatic rings. The molecule has 4 heteroatoms. The maximum atomic E-state index is 11.7. The van der Waals surface area contributed by atoms with E-state index in [1.165, 1.54) is 90.0 Å². The minimum Gasteiger partial charge on any atom is -0.393 e. The first-order valence-corrected chi connectivity index (χ1v) is 17.1. The van der Waals surface area contributed by atoms with E-state index in [-0.39, 0.29) is 6.10 Å². The average molecular weight is 530 g/mol. The van der Waals surface area contributed by atoms with Gasteiger partial charge in [-0.1, -0.05) is 53.9 Å². The molecular formula is C34H63N3O. The fourth-order valence-corrected chi connectivity index (χ4v) is 11.0. The smallest absolute Gasteiger partial charge is 0.0577 e. The molecule has 5 fully saturated rings. The Balaban J connectivity index is 1.15. The number of rotatable bonds is 11. The lowest BCUT2D eigenvalue weighted by Gasteiger charge is -2.62. The van der Waals surface area contributed by atoms with Crippen molar-refractivity contribution >= 4 is 0 Å². The molecule has 4 nitrogen and oxygen atoms in total. The first-order valence-electron chi connectivity index (χ1n) is 17.1. The Kier molecular flexibility index (Phi) is 9.55. The van der Waals surface area contributed by atoms with Gasteiger partial charge in [0.1, 0.15) is 0 Å². The van der Waals surface area contributed by atoms with Crippen LogP contribution in [0.25, 0.3) is 0 Å². The van der Waals surface area contributed by atoms with E-state index in [4.69, 9.17) is 0 Å². The van der Waals surface area contributed by atoms with E-state index >= 15 is 0 Å². The van der Waals surface area contributed by atoms with Crippen molar-refractivity contribution in [3.8, 4) is 0 Å². The molecule has 0 amide bonds. The second-order valence-electron chi connectivity index (χ2n) is 15.7. The monoisotopic (exact) mass is 529 g/mol. The van der Waals surface area contributed by atoms with Crippen molar-refractivity contribution in [1.29, 1.82) is 0 Å². The number of nitrogens with one attached hydrogen (secondary N) is 3. The molecule has 1 heterocycles. The molecule has 0 spiro atoms. The Bertz CT molecular complexity index is 752. The largest absolute Gasteiger partial charge is 0.393 e. The maximum absolute atomic E-state index is 11.7. The van der Waals surface area contributed by atoms with Crippen LogP contribution in [0.2, 0.25) is 0 Å². The summed E-state index contributed by atoms with van der Waals surface area (Å²) in [5.41, 5.74) is 0.906. The summed E-state index contributed by atoms with van der Waals surface area (Å²) in [7, 11) is 0. The topological polar surface area (TPSA) is 56.3 Å². The highest BCUT2D eigenvalue weighted by molar-refractivity contribution is 5.12. The van der Waals surface area contributed by atoms with Gasteiger partial charge in [-0.15, -0.1) is 0 Å². The lowest BCUT2D eigenvalue weighted by Crippen LogP contribution is -2.59. The van der Waals surface area contributed by atoms with Gasteiger partial charge in [0.25, 0.3) is 0 Å². The Morgan fingerprint density at radius 3 is 2.37 bits per heavy atom. The number of hydrogen-bond acceptors (Lipinski definition) is 4. The molecule has 4 saturated carbocycles. The van der Waals surface area contributed by atoms with Crippen LogP contribution in [0.15, 0.2) is 0 Å². The van der Waals surface area contributed by atoms with Gasteiger partial charge in [0.15, 0.2) is 0 Å². The van der Waals surface area contributed by atoms with Crippen LogP contribution >= 0.6 is 0 Å². The van der Waals surface area contributed by atoms with E-state index in [1.54, 1.807) is 0 Å². The Labute approximate surface area is 235 Å². The summed E-state index contributed by atoms with van der Waals surface area (Å²) in [5.74, 6) is 5.30. The molecule has 5 rings (SSSR count). The molecule has 1 aliphatic heterocycles. The van der Waals surface area contributed by atoms with Gasteiger partial charge in [-0.25, -0.2) is 0 Å². The van der Waals surface area contributed by atoms with Crippen molar-refractivity contribution in [3.05, 3.63) is 0 Å². The Morgan fingerprint density at radius 1 is 0.842 bits per heavy atom. The summed E-state index contributed by atoms with van der Waals surface area (Å²) in [6.07, 6.45) is 19.1. The van der Waals surface area contributed by atoms with Gasteiger partial charge in [0.2, 0.25) is 0 Å². The second-order valence-corrected chi connectivity index (χ2v) is 15.7. The van der Waals surface area contributed by atoms with E-state index in [1.807, 2.05) is 0 Å². The van der Waals surface area contributed by atoms with Crippen LogP contribution < -0.4 is 16.0 Å². The first-order chi connectivity index (χ1) is 18.2. The van der Waals surface area contributed by atoms with Gasteiger partial charge in [-0.3, -0.25) is 0 Å². The normalized spacial score (nSPS) is 45.6. The minimum absolute atomic E-state index is 0.0699. The maximum Gasteiger partial charge on any atom is 0.0577 e. The van der Waals surface area contributed by atoms with Crippen molar-refractivity contribution in [1.82, 2.24) is 16.0 Å². The van der Waals surface area contributed by atoms with Crippen LogP contribution in [-0.2, 0) is 0 Å². The van der Waals surface area contributed by atoms with Crippen LogP contribution in [0.5, 0.6) is 0 Å². The molecule has 1 saturated heterocycles. The summed E-state index contributed by atoms with van der Waals surface area (Å²) in [6.45, 7) is 16.0. The van der Waals surface area contributed by atoms with Crippen LogP contribution in [-0.4, -0.2) is 43.1 Å². The highest BCUT2D eigenvalue weighted by Gasteiger charge is 2.62. The van der Waals surface area contributed by atoms with E-state index in [0.717, 1.165) is 49.1 Å². The molecule has 38 heavy (non-hydrogen) atoms. The second kappa shape index (κ2) is 12.4. The zero-order valence-corrected chi connectivity index (χ0v) is 25.7. The summed E-state index contributed by atoms with van der Waals surface area (Å²) < 4.78 is 0. The molecule has 4 aliphatic carbocycles. The van der Waals surface area contributed by atoms with Gasteiger partial charge >= 0.3 is 0 Å². The highest BCUT2D eigenvalue weighted by Crippen LogP contribution is 2.68. The SMILES string of the molecule is CC(C)CCCC(C)[C@H]1CCC2C3C(CC[C@@]21C)[C@@]1(C)CC[C@@H](NCCCNC2CCCN2)C[C@@H]1C[C@H]3O. The predicted octanol–water partition coefficient (Wildman–Crippen LogP) is 6.73. The Hall–Kier alpha value is -0.160. The van der Waals surface area contributed by atoms with Crippen molar-refractivity contribution < 1.29 is 5.11 Å². The quantitative estimate of drug-likeness (QED) is 0.224. The number of fused-ring (bicyclic) bond motifs is 5. The summed E-state index contributed by atoms with van der Waals surface area (Å²) >= 11 is 0. The molecule has 0 bridgehead atoms. The van der Waals surface area contributed by atoms with Crippen LogP contribution in [0.3, 0.4) is 0 Å². The van der Waals surface area contributed by atoms with Crippen LogP contribution in [0.1, 0.15) is 125 Å². The highest BCUT2D eigenvalue weighted by atomic mass is 16.3. The third-order valence-electron chi connectivity index (χ3n) is 13.1. The van der Waals surface area contributed by atoms with Gasteiger partial charge < -0.3 is 21.1 Å². The van der Waals surface area contributed by atoms with E-state index in [0.29, 0.717) is 34.9 Å². The van der Waals surface area contributed by atoms with E-state index < -0.39 is 0 Å². The molecule has 11 atom stereocenters. The lowest BCUT2D eigenvalue weighted by molar-refractivity contribution is -0.167. The zero-order valence-electron chi connectivity index (χ0n) is 25.7. The molecule has 4 N–H and O–H groups in total. The zero-order chi connectivity index (χ0) is 26.9. The molecule has 0 aromatic carbocycles. The van der Waals surface area contributed by atoms with Gasteiger partial charge in [-0.05, 0) is 143 Å². The molecule has 5 unspecified atom stereocenters. The van der Waals surface area contributed by atoms with Crippen molar-refractivity contribution in [2.24, 2.45) is 52.3 Å². The first kappa shape index (κ1) is 29.3. The van der Waals surface area contributed by atoms with E-state index in [9.17, 15) is 5.11 Å². The van der Waals surface area contributed by atoms with Gasteiger partial charge in [-0.2, -0.15) is 0 Å². The minimum atomic E-state index is -0.0699. The predicted molar refractivity (Wildman–Crippen MR) is 160 cm³/mol. The van der Waals surface area contributed by atoms with Crippen molar-refractivity contribution in [2.75, 3.05) is 19.6 Å². The standard InChI is InChI=1S/C34H63N3O/c1-23(2)9-6-10-24(3)27-12-13-28-32-29(15-17-34(27,28)5)33(4)16-14-26(21-25(33)22-30(32)38)35-19-8-20-37-31-11-7-18-36-31/h23-32,35-38H,6-22H2,1-5H3/t24?,25-,26-,27-,28?,29?,30-,31?,32?,33+,34-/m1/s1. The third-order valence-corrected chi connectivity index (χ3v) is 13.1. The van der Waals surface area contributed by atoms with Crippen LogP contribution in [0, 0.1) is 52.3 Å². The Morgan fingerprint density at radius 2 is 1.61 bits per heavy atom. The summed E-state index contributed by atoms with van der Waals surface area (Å²) in [4.78, 5) is 0. The molecule has 5 aliphatic rings. The molecule has 220 valence electrons. The van der Waals surface area contributed by atoms with E-state index in [2.05, 4.69) is 50.6 Å². The van der Waals surface area contributed by atoms with Gasteiger partial charge in [0.05, 0.1) is 12.3 Å². The summed E-state index contributed by atoms with van der Waals surface area (Å²) in [5, 5.41) is 22.9. The average Bonchev–Trinajstić information content (AvgIpc) is 3.51. The fourth-order valence-electron chi connectivity index (χ4n) is 11.0. The number of aliphatic hydroxyl groups excluding tert-OH is 1. The van der Waals surface area contributed by atoms with Crippen LogP contribution in [0.4, 0.5) is 0 Å². The number of hydrogen-bond donors (Lipinski definition) is 4. The fraction of sp³-hybridized carbons (Fsp3) is 1.00. The van der Waals surface area contributed by atoms with Gasteiger partial charge in [0, 0.05) is 6.04 Å². The van der Waals surface area contributed by atoms with Crippen molar-refractivity contribution in [2.45, 2.75) is 143 Å². The summed E-state index contributed by atoms with van der Waals surface area (Å²) in [6, 6.07) is 0.651. The number of aliphatic hydroxyl groups is 1. The van der Waals surface area contributed by atoms with Crippen molar-refractivity contribution in [3.63, 3.8) is 0 Å². The molecule has 0 radical (unpaired) electrons. The lowest BCUT2D eigenvalue weighted by atomic mass is 9.43.